The van der Waals surface area contributed by atoms with Crippen molar-refractivity contribution in [2.45, 2.75) is 18.9 Å². The molecule has 1 saturated heterocycles. The van der Waals surface area contributed by atoms with E-state index in [1.54, 1.807) is 11.0 Å². The first kappa shape index (κ1) is 16.8. The normalized spacial score (nSPS) is 16.9. The number of amides is 3. The van der Waals surface area contributed by atoms with Crippen LogP contribution in [0.3, 0.4) is 0 Å². The highest BCUT2D eigenvalue weighted by Crippen LogP contribution is 2.30. The molecule has 0 unspecified atom stereocenters. The van der Waals surface area contributed by atoms with Gasteiger partial charge in [-0.15, -0.1) is 11.3 Å². The quantitative estimate of drug-likeness (QED) is 0.864. The molecule has 2 fully saturated rings. The lowest BCUT2D eigenvalue weighted by atomic mass is 10.1. The summed E-state index contributed by atoms with van der Waals surface area (Å²) in [5, 5.41) is 5.70. The van der Waals surface area contributed by atoms with Gasteiger partial charge in [-0.1, -0.05) is 12.1 Å². The number of thiophene rings is 1. The molecule has 3 amide bonds. The fourth-order valence-corrected chi connectivity index (χ4v) is 3.80. The summed E-state index contributed by atoms with van der Waals surface area (Å²) in [6.45, 7) is 1.08. The van der Waals surface area contributed by atoms with Gasteiger partial charge in [0.2, 0.25) is 5.91 Å². The third kappa shape index (κ3) is 3.62. The van der Waals surface area contributed by atoms with Gasteiger partial charge >= 0.3 is 0 Å². The average Bonchev–Trinajstić information content (AvgIpc) is 3.32. The van der Waals surface area contributed by atoms with Gasteiger partial charge in [0.15, 0.2) is 0 Å². The molecule has 0 atom stereocenters. The molecule has 0 spiro atoms. The van der Waals surface area contributed by atoms with Crippen LogP contribution in [0, 0.1) is 0 Å². The molecule has 2 heterocycles. The van der Waals surface area contributed by atoms with Gasteiger partial charge in [0, 0.05) is 29.6 Å². The summed E-state index contributed by atoms with van der Waals surface area (Å²) in [7, 11) is 0. The summed E-state index contributed by atoms with van der Waals surface area (Å²) in [4.78, 5) is 39.5. The van der Waals surface area contributed by atoms with Crippen LogP contribution in [0.1, 0.15) is 32.9 Å². The highest BCUT2D eigenvalue weighted by atomic mass is 32.1. The molecule has 1 aromatic carbocycles. The molecular weight excluding hydrogens is 350 g/mol. The van der Waals surface area contributed by atoms with Gasteiger partial charge in [0.05, 0.1) is 11.4 Å². The summed E-state index contributed by atoms with van der Waals surface area (Å²) in [5.41, 5.74) is 1.45. The largest absolute Gasteiger partial charge is 0.353 e. The van der Waals surface area contributed by atoms with Gasteiger partial charge < -0.3 is 15.5 Å². The molecule has 134 valence electrons. The van der Waals surface area contributed by atoms with Crippen molar-refractivity contribution >= 4 is 29.1 Å². The van der Waals surface area contributed by atoms with E-state index in [2.05, 4.69) is 10.6 Å². The Morgan fingerprint density at radius 2 is 2.04 bits per heavy atom. The number of hydrogen-bond acceptors (Lipinski definition) is 4. The first-order valence-corrected chi connectivity index (χ1v) is 9.49. The highest BCUT2D eigenvalue weighted by Gasteiger charge is 2.25. The van der Waals surface area contributed by atoms with E-state index in [0.29, 0.717) is 29.6 Å². The number of carbonyl (C=O) groups excluding carboxylic acids is 3. The molecule has 1 aliphatic carbocycles. The molecule has 7 heteroatoms. The van der Waals surface area contributed by atoms with Gasteiger partial charge in [-0.2, -0.15) is 0 Å². The Hall–Kier alpha value is -2.67. The van der Waals surface area contributed by atoms with Crippen LogP contribution < -0.4 is 10.6 Å². The Labute approximate surface area is 155 Å². The number of rotatable bonds is 4. The smallest absolute Gasteiger partial charge is 0.261 e. The fourth-order valence-electron chi connectivity index (χ4n) is 2.90. The molecule has 1 aliphatic heterocycles. The number of nitrogens with zero attached hydrogens (tertiary/aromatic N) is 1. The van der Waals surface area contributed by atoms with Crippen molar-refractivity contribution in [3.05, 3.63) is 46.8 Å². The minimum atomic E-state index is -0.148. The Morgan fingerprint density at radius 3 is 2.81 bits per heavy atom. The molecule has 2 N–H and O–H groups in total. The maximum absolute atomic E-state index is 12.7. The summed E-state index contributed by atoms with van der Waals surface area (Å²) in [6, 6.07) is 11.4. The van der Waals surface area contributed by atoms with Crippen LogP contribution in [0.4, 0.5) is 0 Å². The zero-order chi connectivity index (χ0) is 18.1. The zero-order valence-corrected chi connectivity index (χ0v) is 15.0. The molecular formula is C19H19N3O3S. The second kappa shape index (κ2) is 6.92. The molecule has 26 heavy (non-hydrogen) atoms. The second-order valence-electron chi connectivity index (χ2n) is 6.57. The minimum absolute atomic E-state index is 0.0321. The van der Waals surface area contributed by atoms with Gasteiger partial charge in [0.25, 0.3) is 11.8 Å². The van der Waals surface area contributed by atoms with Crippen molar-refractivity contribution in [2.24, 2.45) is 0 Å². The molecule has 0 bridgehead atoms. The summed E-state index contributed by atoms with van der Waals surface area (Å²) < 4.78 is 0. The third-order valence-electron chi connectivity index (χ3n) is 4.46. The lowest BCUT2D eigenvalue weighted by Crippen LogP contribution is -2.49. The molecule has 0 radical (unpaired) electrons. The molecule has 2 aromatic rings. The van der Waals surface area contributed by atoms with E-state index in [0.717, 1.165) is 23.3 Å². The maximum Gasteiger partial charge on any atom is 0.261 e. The first-order valence-electron chi connectivity index (χ1n) is 8.67. The number of carbonyl (C=O) groups is 3. The van der Waals surface area contributed by atoms with E-state index in [-0.39, 0.29) is 24.3 Å². The topological polar surface area (TPSA) is 78.5 Å². The summed E-state index contributed by atoms with van der Waals surface area (Å²) in [5.74, 6) is -0.314. The van der Waals surface area contributed by atoms with Crippen LogP contribution in [0.25, 0.3) is 10.4 Å². The van der Waals surface area contributed by atoms with E-state index >= 15 is 0 Å². The predicted molar refractivity (Wildman–Crippen MR) is 99.2 cm³/mol. The predicted octanol–water partition coefficient (Wildman–Crippen LogP) is 1.88. The highest BCUT2D eigenvalue weighted by molar-refractivity contribution is 7.17. The summed E-state index contributed by atoms with van der Waals surface area (Å²) in [6.07, 6.45) is 2.12. The zero-order valence-electron chi connectivity index (χ0n) is 14.2. The van der Waals surface area contributed by atoms with Crippen molar-refractivity contribution in [1.29, 1.82) is 0 Å². The van der Waals surface area contributed by atoms with Crippen molar-refractivity contribution in [3.63, 3.8) is 0 Å². The Balaban J connectivity index is 1.52. The number of nitrogens with one attached hydrogen (secondary N) is 2. The maximum atomic E-state index is 12.7. The van der Waals surface area contributed by atoms with Crippen molar-refractivity contribution in [2.75, 3.05) is 19.6 Å². The van der Waals surface area contributed by atoms with E-state index in [4.69, 9.17) is 0 Å². The molecule has 6 nitrogen and oxygen atoms in total. The average molecular weight is 369 g/mol. The van der Waals surface area contributed by atoms with Crippen LogP contribution in [-0.2, 0) is 4.79 Å². The van der Waals surface area contributed by atoms with Gasteiger partial charge in [-0.05, 0) is 42.7 Å². The second-order valence-corrected chi connectivity index (χ2v) is 7.65. The van der Waals surface area contributed by atoms with Crippen LogP contribution in [0.2, 0.25) is 0 Å². The van der Waals surface area contributed by atoms with E-state index in [9.17, 15) is 14.4 Å². The summed E-state index contributed by atoms with van der Waals surface area (Å²) >= 11 is 1.42. The molecule has 4 rings (SSSR count). The molecule has 2 aliphatic rings. The Bertz CT molecular complexity index is 872. The van der Waals surface area contributed by atoms with Crippen LogP contribution in [-0.4, -0.2) is 48.3 Å². The lowest BCUT2D eigenvalue weighted by Gasteiger charge is -2.26. The number of benzene rings is 1. The van der Waals surface area contributed by atoms with Crippen LogP contribution in [0.15, 0.2) is 36.4 Å². The van der Waals surface area contributed by atoms with Crippen molar-refractivity contribution < 1.29 is 14.4 Å². The molecule has 1 aromatic heterocycles. The van der Waals surface area contributed by atoms with Gasteiger partial charge in [0.1, 0.15) is 0 Å². The third-order valence-corrected chi connectivity index (χ3v) is 5.60. The SMILES string of the molecule is O=C1CN(C(=O)c2cccc(-c3ccc(C(=O)NC4CC4)s3)c2)CCN1. The van der Waals surface area contributed by atoms with Crippen LogP contribution >= 0.6 is 11.3 Å². The van der Waals surface area contributed by atoms with E-state index in [1.165, 1.54) is 11.3 Å². The van der Waals surface area contributed by atoms with Crippen molar-refractivity contribution in [1.82, 2.24) is 15.5 Å². The van der Waals surface area contributed by atoms with Crippen LogP contribution in [0.5, 0.6) is 0 Å². The van der Waals surface area contributed by atoms with E-state index < -0.39 is 0 Å². The monoisotopic (exact) mass is 369 g/mol. The number of hydrogen-bond donors (Lipinski definition) is 2. The molecule has 1 saturated carbocycles. The van der Waals surface area contributed by atoms with Gasteiger partial charge in [-0.25, -0.2) is 0 Å². The first-order chi connectivity index (χ1) is 12.6. The minimum Gasteiger partial charge on any atom is -0.353 e. The fraction of sp³-hybridized carbons (Fsp3) is 0.316. The Morgan fingerprint density at radius 1 is 1.19 bits per heavy atom. The standard InChI is InChI=1S/C19H19N3O3S/c23-17-11-22(9-8-20-17)19(25)13-3-1-2-12(10-13)15-6-7-16(26-15)18(24)21-14-4-5-14/h1-3,6-7,10,14H,4-5,8-9,11H2,(H,20,23)(H,21,24). The lowest BCUT2D eigenvalue weighted by molar-refractivity contribution is -0.123. The van der Waals surface area contributed by atoms with Crippen molar-refractivity contribution in [3.8, 4) is 10.4 Å². The number of piperazine rings is 1. The Kier molecular flexibility index (Phi) is 4.46. The van der Waals surface area contributed by atoms with E-state index in [1.807, 2.05) is 30.3 Å². The van der Waals surface area contributed by atoms with Gasteiger partial charge in [-0.3, -0.25) is 14.4 Å².